The molecule has 1 N–H and O–H groups in total. The third-order valence-corrected chi connectivity index (χ3v) is 4.92. The van der Waals surface area contributed by atoms with E-state index in [0.717, 1.165) is 13.8 Å². The van der Waals surface area contributed by atoms with E-state index in [2.05, 4.69) is 30.5 Å². The van der Waals surface area contributed by atoms with Crippen LogP contribution in [0.1, 0.15) is 13.8 Å². The monoisotopic (exact) mass is 462 g/mol. The molecule has 4 heterocycles. The van der Waals surface area contributed by atoms with E-state index in [1.54, 1.807) is 32.4 Å². The molecule has 0 bridgehead atoms. The summed E-state index contributed by atoms with van der Waals surface area (Å²) in [5.74, 6) is 1.49. The number of halogens is 3. The normalized spacial score (nSPS) is 12.2. The lowest BCUT2D eigenvalue weighted by atomic mass is 10.1. The third-order valence-electron chi connectivity index (χ3n) is 4.92. The van der Waals surface area contributed by atoms with Crippen LogP contribution in [0.2, 0.25) is 0 Å². The minimum absolute atomic E-state index is 0.00329. The molecule has 0 unspecified atom stereocenters. The summed E-state index contributed by atoms with van der Waals surface area (Å²) in [6, 6.07) is 4.69. The van der Waals surface area contributed by atoms with Crippen LogP contribution in [0.3, 0.4) is 0 Å². The maximum Gasteiger partial charge on any atom is 0.427 e. The molecule has 0 saturated carbocycles. The van der Waals surface area contributed by atoms with Crippen LogP contribution in [0.5, 0.6) is 11.6 Å². The number of hydrogen-bond donors (Lipinski definition) is 1. The maximum atomic E-state index is 13.4. The molecule has 0 amide bonds. The fourth-order valence-electron chi connectivity index (χ4n) is 2.97. The van der Waals surface area contributed by atoms with Crippen molar-refractivity contribution in [2.75, 3.05) is 12.4 Å². The van der Waals surface area contributed by atoms with Gasteiger partial charge in [0.2, 0.25) is 5.88 Å². The highest BCUT2D eigenvalue weighted by atomic mass is 19.4. The highest BCUT2D eigenvalue weighted by Gasteiger charge is 2.50. The SMILES string of the molecule is COc1ccnc(-c2cc(Nc3cc(OC(C)(C)C(F)(F)F)c4cnn(C)c4n3)n(C)n2)n1. The zero-order chi connectivity index (χ0) is 24.0. The molecule has 0 atom stereocenters. The average molecular weight is 462 g/mol. The Hall–Kier alpha value is -3.90. The number of aryl methyl sites for hydroxylation is 2. The van der Waals surface area contributed by atoms with E-state index in [4.69, 9.17) is 9.47 Å². The highest BCUT2D eigenvalue weighted by Crippen LogP contribution is 2.38. The minimum Gasteiger partial charge on any atom is -0.481 e. The van der Waals surface area contributed by atoms with Crippen LogP contribution >= 0.6 is 0 Å². The van der Waals surface area contributed by atoms with Crippen molar-refractivity contribution in [1.29, 1.82) is 0 Å². The Balaban J connectivity index is 1.71. The lowest BCUT2D eigenvalue weighted by Crippen LogP contribution is -2.44. The average Bonchev–Trinajstić information content (AvgIpc) is 3.30. The summed E-state index contributed by atoms with van der Waals surface area (Å²) >= 11 is 0. The molecule has 33 heavy (non-hydrogen) atoms. The van der Waals surface area contributed by atoms with Gasteiger partial charge in [0.15, 0.2) is 17.1 Å². The van der Waals surface area contributed by atoms with Crippen molar-refractivity contribution < 1.29 is 22.6 Å². The molecule has 174 valence electrons. The van der Waals surface area contributed by atoms with Crippen LogP contribution in [0, 0.1) is 0 Å². The van der Waals surface area contributed by atoms with Crippen LogP contribution < -0.4 is 14.8 Å². The number of rotatable bonds is 6. The van der Waals surface area contributed by atoms with E-state index in [0.29, 0.717) is 34.2 Å². The van der Waals surface area contributed by atoms with Crippen molar-refractivity contribution >= 4 is 22.7 Å². The fraction of sp³-hybridized carbons (Fsp3) is 0.350. The van der Waals surface area contributed by atoms with Crippen LogP contribution in [0.25, 0.3) is 22.6 Å². The van der Waals surface area contributed by atoms with Gasteiger partial charge in [0.1, 0.15) is 23.1 Å². The maximum absolute atomic E-state index is 13.4. The molecule has 10 nitrogen and oxygen atoms in total. The second-order valence-corrected chi connectivity index (χ2v) is 7.71. The molecule has 0 aliphatic rings. The standard InChI is InChI=1S/C20H21F3N8O2/c1-19(2,20(21,22)23)33-13-9-14(27-18-11(13)10-25-31(18)4)26-15-8-12(29-30(15)3)17-24-7-6-16(28-17)32-5/h6-10H,1-5H3,(H,26,27). The number of alkyl halides is 3. The summed E-state index contributed by atoms with van der Waals surface area (Å²) in [5.41, 5.74) is -1.60. The van der Waals surface area contributed by atoms with Gasteiger partial charge in [-0.3, -0.25) is 9.36 Å². The van der Waals surface area contributed by atoms with Gasteiger partial charge in [0, 0.05) is 38.5 Å². The Morgan fingerprint density at radius 2 is 1.82 bits per heavy atom. The molecule has 0 spiro atoms. The van der Waals surface area contributed by atoms with Gasteiger partial charge in [0.05, 0.1) is 18.7 Å². The van der Waals surface area contributed by atoms with E-state index in [-0.39, 0.29) is 11.6 Å². The van der Waals surface area contributed by atoms with E-state index in [1.807, 2.05) is 0 Å². The summed E-state index contributed by atoms with van der Waals surface area (Å²) in [7, 11) is 4.83. The number of fused-ring (bicyclic) bond motifs is 1. The van der Waals surface area contributed by atoms with Crippen molar-refractivity contribution in [2.24, 2.45) is 14.1 Å². The summed E-state index contributed by atoms with van der Waals surface area (Å²) in [4.78, 5) is 12.9. The number of anilines is 2. The topological polar surface area (TPSA) is 105 Å². The summed E-state index contributed by atoms with van der Waals surface area (Å²) in [6.45, 7) is 1.93. The van der Waals surface area contributed by atoms with Gasteiger partial charge < -0.3 is 14.8 Å². The number of ether oxygens (including phenoxy) is 2. The molecule has 0 aliphatic heterocycles. The van der Waals surface area contributed by atoms with Crippen molar-refractivity contribution in [3.05, 3.63) is 30.6 Å². The first kappa shape index (κ1) is 22.3. The molecular formula is C20H21F3N8O2. The minimum atomic E-state index is -4.58. The van der Waals surface area contributed by atoms with Crippen LogP contribution in [-0.4, -0.2) is 53.4 Å². The summed E-state index contributed by atoms with van der Waals surface area (Å²) in [6.07, 6.45) is -1.62. The van der Waals surface area contributed by atoms with Crippen molar-refractivity contribution in [3.63, 3.8) is 0 Å². The molecule has 4 aromatic rings. The van der Waals surface area contributed by atoms with Crippen molar-refractivity contribution in [1.82, 2.24) is 34.5 Å². The molecule has 0 saturated heterocycles. The Morgan fingerprint density at radius 1 is 1.06 bits per heavy atom. The van der Waals surface area contributed by atoms with Gasteiger partial charge in [-0.1, -0.05) is 0 Å². The first-order valence-electron chi connectivity index (χ1n) is 9.75. The highest BCUT2D eigenvalue weighted by molar-refractivity contribution is 5.84. The molecule has 0 aliphatic carbocycles. The number of nitrogens with zero attached hydrogens (tertiary/aromatic N) is 7. The lowest BCUT2D eigenvalue weighted by molar-refractivity contribution is -0.234. The number of methoxy groups -OCH3 is 1. The molecule has 4 rings (SSSR count). The van der Waals surface area contributed by atoms with Gasteiger partial charge in [-0.25, -0.2) is 9.97 Å². The second-order valence-electron chi connectivity index (χ2n) is 7.71. The summed E-state index contributed by atoms with van der Waals surface area (Å²) < 4.78 is 53.8. The van der Waals surface area contributed by atoms with Crippen molar-refractivity contribution in [3.8, 4) is 23.1 Å². The lowest BCUT2D eigenvalue weighted by Gasteiger charge is -2.29. The number of hydrogen-bond acceptors (Lipinski definition) is 8. The molecule has 13 heteroatoms. The van der Waals surface area contributed by atoms with Crippen LogP contribution in [-0.2, 0) is 14.1 Å². The largest absolute Gasteiger partial charge is 0.481 e. The first-order valence-corrected chi connectivity index (χ1v) is 9.75. The fourth-order valence-corrected chi connectivity index (χ4v) is 2.97. The molecular weight excluding hydrogens is 441 g/mol. The van der Waals surface area contributed by atoms with Gasteiger partial charge in [-0.2, -0.15) is 28.4 Å². The van der Waals surface area contributed by atoms with E-state index < -0.39 is 11.8 Å². The van der Waals surface area contributed by atoms with E-state index in [1.165, 1.54) is 28.7 Å². The molecule has 0 radical (unpaired) electrons. The van der Waals surface area contributed by atoms with Gasteiger partial charge in [-0.05, 0) is 13.8 Å². The first-order chi connectivity index (χ1) is 15.5. The van der Waals surface area contributed by atoms with Gasteiger partial charge in [0.25, 0.3) is 0 Å². The third kappa shape index (κ3) is 4.25. The smallest absolute Gasteiger partial charge is 0.427 e. The number of pyridine rings is 1. The molecule has 0 fully saturated rings. The summed E-state index contributed by atoms with van der Waals surface area (Å²) in [5, 5.41) is 11.9. The zero-order valence-corrected chi connectivity index (χ0v) is 18.5. The Bertz CT molecular complexity index is 1310. The Morgan fingerprint density at radius 3 is 2.52 bits per heavy atom. The number of nitrogens with one attached hydrogen (secondary N) is 1. The molecule has 0 aromatic carbocycles. The van der Waals surface area contributed by atoms with E-state index in [9.17, 15) is 13.2 Å². The number of aromatic nitrogens is 7. The Kier molecular flexibility index (Phi) is 5.34. The van der Waals surface area contributed by atoms with Crippen LogP contribution in [0.15, 0.2) is 30.6 Å². The van der Waals surface area contributed by atoms with Crippen molar-refractivity contribution in [2.45, 2.75) is 25.6 Å². The van der Waals surface area contributed by atoms with Gasteiger partial charge in [-0.15, -0.1) is 0 Å². The zero-order valence-electron chi connectivity index (χ0n) is 18.5. The van der Waals surface area contributed by atoms with E-state index >= 15 is 0 Å². The quantitative estimate of drug-likeness (QED) is 0.463. The predicted molar refractivity (Wildman–Crippen MR) is 113 cm³/mol. The second kappa shape index (κ2) is 7.90. The van der Waals surface area contributed by atoms with Crippen LogP contribution in [0.4, 0.5) is 24.8 Å². The molecule has 4 aromatic heterocycles. The van der Waals surface area contributed by atoms with Gasteiger partial charge >= 0.3 is 6.18 Å². The Labute approximate surface area is 186 Å². The predicted octanol–water partition coefficient (Wildman–Crippen LogP) is 3.63.